The fourth-order valence-electron chi connectivity index (χ4n) is 3.50. The number of thioether (sulfide) groups is 1. The lowest BCUT2D eigenvalue weighted by atomic mass is 10.1. The van der Waals surface area contributed by atoms with Crippen LogP contribution in [-0.4, -0.2) is 42.2 Å². The van der Waals surface area contributed by atoms with Crippen LogP contribution >= 0.6 is 23.1 Å². The first-order valence-electron chi connectivity index (χ1n) is 7.04. The van der Waals surface area contributed by atoms with Crippen LogP contribution in [0.4, 0.5) is 0 Å². The lowest BCUT2D eigenvalue weighted by Crippen LogP contribution is -2.38. The van der Waals surface area contributed by atoms with E-state index in [4.69, 9.17) is 0 Å². The van der Waals surface area contributed by atoms with Crippen molar-refractivity contribution in [1.29, 1.82) is 0 Å². The number of carbonyl (C=O) groups excluding carboxylic acids is 1. The van der Waals surface area contributed by atoms with E-state index in [1.54, 1.807) is 11.3 Å². The molecule has 1 amide bonds. The predicted octanol–water partition coefficient (Wildman–Crippen LogP) is 1.97. The number of nitrogens with one attached hydrogen (secondary N) is 1. The Hall–Kier alpha value is -0.520. The van der Waals surface area contributed by atoms with E-state index in [0.29, 0.717) is 12.0 Å². The summed E-state index contributed by atoms with van der Waals surface area (Å²) in [5.41, 5.74) is 1.41. The van der Waals surface area contributed by atoms with Crippen LogP contribution in [0.3, 0.4) is 0 Å². The average Bonchev–Trinajstić information content (AvgIpc) is 3.12. The fourth-order valence-corrected chi connectivity index (χ4v) is 5.82. The zero-order valence-corrected chi connectivity index (χ0v) is 12.5. The maximum Gasteiger partial charge on any atom is 0.264 e. The Bertz CT molecular complexity index is 490. The first-order valence-corrected chi connectivity index (χ1v) is 9.01. The van der Waals surface area contributed by atoms with Crippen LogP contribution in [-0.2, 0) is 12.2 Å². The van der Waals surface area contributed by atoms with Crippen LogP contribution in [0, 0.1) is 5.92 Å². The van der Waals surface area contributed by atoms with Gasteiger partial charge in [0, 0.05) is 36.3 Å². The van der Waals surface area contributed by atoms with Crippen molar-refractivity contribution in [3.8, 4) is 0 Å². The van der Waals surface area contributed by atoms with Crippen LogP contribution in [0.1, 0.15) is 26.5 Å². The van der Waals surface area contributed by atoms with Gasteiger partial charge in [0.05, 0.1) is 4.88 Å². The smallest absolute Gasteiger partial charge is 0.264 e. The summed E-state index contributed by atoms with van der Waals surface area (Å²) in [6.07, 6.45) is 2.32. The monoisotopic (exact) mass is 294 g/mol. The Morgan fingerprint density at radius 2 is 2.37 bits per heavy atom. The van der Waals surface area contributed by atoms with Gasteiger partial charge in [-0.1, -0.05) is 0 Å². The number of thiophene rings is 1. The van der Waals surface area contributed by atoms with Crippen molar-refractivity contribution in [3.63, 3.8) is 0 Å². The molecular formula is C14H18N2OS2. The van der Waals surface area contributed by atoms with Crippen LogP contribution in [0.5, 0.6) is 0 Å². The van der Waals surface area contributed by atoms with Gasteiger partial charge >= 0.3 is 0 Å². The second kappa shape index (κ2) is 4.79. The van der Waals surface area contributed by atoms with E-state index in [9.17, 15) is 4.79 Å². The summed E-state index contributed by atoms with van der Waals surface area (Å²) >= 11 is 3.72. The summed E-state index contributed by atoms with van der Waals surface area (Å²) in [4.78, 5) is 17.2. The van der Waals surface area contributed by atoms with Gasteiger partial charge < -0.3 is 10.2 Å². The normalized spacial score (nSPS) is 29.4. The highest BCUT2D eigenvalue weighted by molar-refractivity contribution is 7.98. The van der Waals surface area contributed by atoms with Gasteiger partial charge in [-0.3, -0.25) is 4.79 Å². The van der Waals surface area contributed by atoms with E-state index in [0.717, 1.165) is 36.7 Å². The summed E-state index contributed by atoms with van der Waals surface area (Å²) in [5, 5.41) is 3.42. The maximum absolute atomic E-state index is 12.7. The van der Waals surface area contributed by atoms with E-state index in [1.807, 2.05) is 11.8 Å². The molecule has 4 rings (SSSR count). The molecule has 3 aliphatic heterocycles. The van der Waals surface area contributed by atoms with Crippen molar-refractivity contribution < 1.29 is 4.79 Å². The van der Waals surface area contributed by atoms with E-state index in [1.165, 1.54) is 22.6 Å². The molecule has 3 nitrogen and oxygen atoms in total. The van der Waals surface area contributed by atoms with E-state index >= 15 is 0 Å². The third kappa shape index (κ3) is 2.03. The van der Waals surface area contributed by atoms with Crippen LogP contribution < -0.4 is 5.32 Å². The summed E-state index contributed by atoms with van der Waals surface area (Å²) in [5.74, 6) is 3.27. The van der Waals surface area contributed by atoms with Gasteiger partial charge in [0.15, 0.2) is 0 Å². The Labute approximate surface area is 121 Å². The van der Waals surface area contributed by atoms with Crippen LogP contribution in [0.15, 0.2) is 6.07 Å². The first kappa shape index (κ1) is 12.2. The molecule has 0 bridgehead atoms. The van der Waals surface area contributed by atoms with E-state index in [-0.39, 0.29) is 5.91 Å². The minimum atomic E-state index is 0.278. The Kier molecular flexibility index (Phi) is 3.09. The summed E-state index contributed by atoms with van der Waals surface area (Å²) in [6, 6.07) is 2.60. The minimum Gasteiger partial charge on any atom is -0.333 e. The molecule has 102 valence electrons. The molecule has 1 aromatic heterocycles. The molecule has 1 N–H and O–H groups in total. The summed E-state index contributed by atoms with van der Waals surface area (Å²) < 4.78 is 0. The number of likely N-dealkylation sites (tertiary alicyclic amines) is 1. The number of hydrogen-bond donors (Lipinski definition) is 1. The molecule has 1 aromatic rings. The second-order valence-corrected chi connectivity index (χ2v) is 7.88. The Morgan fingerprint density at radius 1 is 1.42 bits per heavy atom. The number of aryl methyl sites for hydroxylation is 1. The molecule has 2 saturated heterocycles. The molecule has 19 heavy (non-hydrogen) atoms. The first-order chi connectivity index (χ1) is 9.33. The zero-order chi connectivity index (χ0) is 12.8. The third-order valence-corrected chi connectivity index (χ3v) is 6.78. The Morgan fingerprint density at radius 3 is 3.26 bits per heavy atom. The number of fused-ring (bicyclic) bond motifs is 2. The quantitative estimate of drug-likeness (QED) is 0.859. The molecule has 4 heterocycles. The summed E-state index contributed by atoms with van der Waals surface area (Å²) in [6.45, 7) is 3.02. The fraction of sp³-hybridized carbons (Fsp3) is 0.643. The van der Waals surface area contributed by atoms with E-state index < -0.39 is 0 Å². The molecule has 3 aliphatic rings. The van der Waals surface area contributed by atoms with Gasteiger partial charge in [-0.05, 0) is 36.1 Å². The minimum absolute atomic E-state index is 0.278. The molecule has 0 aromatic carbocycles. The van der Waals surface area contributed by atoms with Gasteiger partial charge in [0.25, 0.3) is 5.91 Å². The number of rotatable bonds is 1. The van der Waals surface area contributed by atoms with Gasteiger partial charge in [-0.15, -0.1) is 11.3 Å². The molecular weight excluding hydrogens is 276 g/mol. The summed E-state index contributed by atoms with van der Waals surface area (Å²) in [7, 11) is 0. The molecule has 0 radical (unpaired) electrons. The van der Waals surface area contributed by atoms with Gasteiger partial charge in [-0.25, -0.2) is 0 Å². The highest BCUT2D eigenvalue weighted by atomic mass is 32.2. The average molecular weight is 294 g/mol. The largest absolute Gasteiger partial charge is 0.333 e. The van der Waals surface area contributed by atoms with E-state index in [2.05, 4.69) is 16.3 Å². The Balaban J connectivity index is 1.58. The highest BCUT2D eigenvalue weighted by Gasteiger charge is 2.40. The molecule has 0 saturated carbocycles. The highest BCUT2D eigenvalue weighted by Crippen LogP contribution is 2.34. The van der Waals surface area contributed by atoms with Gasteiger partial charge in [0.1, 0.15) is 0 Å². The molecule has 0 aliphatic carbocycles. The molecule has 0 spiro atoms. The molecule has 2 fully saturated rings. The van der Waals surface area contributed by atoms with Crippen molar-refractivity contribution in [2.24, 2.45) is 5.92 Å². The van der Waals surface area contributed by atoms with Crippen molar-refractivity contribution in [2.45, 2.75) is 24.6 Å². The third-order valence-electron chi connectivity index (χ3n) is 4.54. The molecule has 5 heteroatoms. The van der Waals surface area contributed by atoms with Crippen molar-refractivity contribution >= 4 is 29.0 Å². The lowest BCUT2D eigenvalue weighted by molar-refractivity contribution is 0.0742. The topological polar surface area (TPSA) is 32.3 Å². The van der Waals surface area contributed by atoms with Crippen molar-refractivity contribution in [3.05, 3.63) is 21.4 Å². The number of hydrogen-bond acceptors (Lipinski definition) is 4. The van der Waals surface area contributed by atoms with Crippen LogP contribution in [0.25, 0.3) is 0 Å². The number of carbonyl (C=O) groups is 1. The van der Waals surface area contributed by atoms with Gasteiger partial charge in [0.2, 0.25) is 0 Å². The van der Waals surface area contributed by atoms with Crippen LogP contribution in [0.2, 0.25) is 0 Å². The standard InChI is InChI=1S/C14H18N2OS2/c17-14(16-3-1-9-6-15-7-11(9)16)13-5-10-8-18-4-2-12(10)19-13/h5,9,11,15H,1-4,6-8H2/t9-,11+/m0/s1. The zero-order valence-electron chi connectivity index (χ0n) is 10.9. The number of amides is 1. The molecule has 2 atom stereocenters. The van der Waals surface area contributed by atoms with Crippen molar-refractivity contribution in [1.82, 2.24) is 10.2 Å². The SMILES string of the molecule is O=C(c1cc2c(s1)CCSC2)N1CC[C@H]2CNC[C@H]21. The predicted molar refractivity (Wildman–Crippen MR) is 80.0 cm³/mol. The van der Waals surface area contributed by atoms with Crippen molar-refractivity contribution in [2.75, 3.05) is 25.4 Å². The second-order valence-electron chi connectivity index (χ2n) is 5.63. The maximum atomic E-state index is 12.7. The lowest BCUT2D eigenvalue weighted by Gasteiger charge is -2.22. The molecule has 0 unspecified atom stereocenters. The number of nitrogens with zero attached hydrogens (tertiary/aromatic N) is 1. The van der Waals surface area contributed by atoms with Gasteiger partial charge in [-0.2, -0.15) is 11.8 Å².